The molecule has 1 aliphatic heterocycles. The molecule has 1 aromatic rings. The van der Waals surface area contributed by atoms with Crippen LogP contribution in [0.1, 0.15) is 42.0 Å². The van der Waals surface area contributed by atoms with Crippen LogP contribution in [0.5, 0.6) is 0 Å². The van der Waals surface area contributed by atoms with Gasteiger partial charge in [0.25, 0.3) is 0 Å². The molecule has 0 aliphatic carbocycles. The molecule has 0 amide bonds. The summed E-state index contributed by atoms with van der Waals surface area (Å²) in [4.78, 5) is 2.47. The van der Waals surface area contributed by atoms with Crippen LogP contribution in [0.25, 0.3) is 0 Å². The zero-order valence-electron chi connectivity index (χ0n) is 11.4. The van der Waals surface area contributed by atoms with Crippen LogP contribution in [-0.2, 0) is 0 Å². The van der Waals surface area contributed by atoms with E-state index in [1.54, 1.807) is 0 Å². The Morgan fingerprint density at radius 3 is 2.44 bits per heavy atom. The summed E-state index contributed by atoms with van der Waals surface area (Å²) in [5.74, 6) is 0. The van der Waals surface area contributed by atoms with Gasteiger partial charge in [0.15, 0.2) is 0 Å². The largest absolute Gasteiger partial charge is 0.394 e. The summed E-state index contributed by atoms with van der Waals surface area (Å²) < 4.78 is 0. The van der Waals surface area contributed by atoms with Crippen LogP contribution in [-0.4, -0.2) is 24.8 Å². The molecule has 0 spiro atoms. The van der Waals surface area contributed by atoms with Gasteiger partial charge in [-0.25, -0.2) is 0 Å². The molecule has 2 rings (SSSR count). The first kappa shape index (κ1) is 13.4. The van der Waals surface area contributed by atoms with Gasteiger partial charge in [-0.2, -0.15) is 0 Å². The number of benzene rings is 1. The predicted molar refractivity (Wildman–Crippen MR) is 76.0 cm³/mol. The number of nitrogens with zero attached hydrogens (tertiary/aromatic N) is 1. The SMILES string of the molecule is Cc1c([C@@H](N)CO)ccc(N2CCCCC2)c1C. The predicted octanol–water partition coefficient (Wildman–Crippen LogP) is 2.29. The lowest BCUT2D eigenvalue weighted by Crippen LogP contribution is -2.30. The molecule has 100 valence electrons. The van der Waals surface area contributed by atoms with E-state index in [-0.39, 0.29) is 12.6 Å². The van der Waals surface area contributed by atoms with Crippen molar-refractivity contribution in [3.8, 4) is 0 Å². The molecule has 0 unspecified atom stereocenters. The summed E-state index contributed by atoms with van der Waals surface area (Å²) in [7, 11) is 0. The highest BCUT2D eigenvalue weighted by atomic mass is 16.3. The fourth-order valence-corrected chi connectivity index (χ4v) is 2.80. The number of aliphatic hydroxyl groups is 1. The van der Waals surface area contributed by atoms with Gasteiger partial charge >= 0.3 is 0 Å². The van der Waals surface area contributed by atoms with E-state index in [1.807, 2.05) is 0 Å². The number of hydrogen-bond acceptors (Lipinski definition) is 3. The standard InChI is InChI=1S/C15H24N2O/c1-11-12(2)15(17-8-4-3-5-9-17)7-6-13(11)14(16)10-18/h6-7,14,18H,3-5,8-10,16H2,1-2H3/t14-/m0/s1. The Bertz CT molecular complexity index is 411. The molecule has 3 heteroatoms. The molecule has 1 atom stereocenters. The van der Waals surface area contributed by atoms with Gasteiger partial charge in [0.1, 0.15) is 0 Å². The lowest BCUT2D eigenvalue weighted by molar-refractivity contribution is 0.267. The maximum Gasteiger partial charge on any atom is 0.0624 e. The Balaban J connectivity index is 2.30. The molecule has 1 heterocycles. The van der Waals surface area contributed by atoms with Gasteiger partial charge in [-0.15, -0.1) is 0 Å². The summed E-state index contributed by atoms with van der Waals surface area (Å²) in [6.45, 7) is 6.58. The van der Waals surface area contributed by atoms with Gasteiger partial charge < -0.3 is 15.7 Å². The minimum atomic E-state index is -0.265. The van der Waals surface area contributed by atoms with Crippen molar-refractivity contribution < 1.29 is 5.11 Å². The van der Waals surface area contributed by atoms with Crippen molar-refractivity contribution in [1.29, 1.82) is 0 Å². The average Bonchev–Trinajstić information content (AvgIpc) is 2.42. The Labute approximate surface area is 110 Å². The molecule has 1 aliphatic rings. The minimum absolute atomic E-state index is 0.00331. The lowest BCUT2D eigenvalue weighted by atomic mass is 9.95. The molecule has 1 fully saturated rings. The molecule has 0 saturated carbocycles. The number of aliphatic hydroxyl groups excluding tert-OH is 1. The van der Waals surface area contributed by atoms with Crippen LogP contribution < -0.4 is 10.6 Å². The van der Waals surface area contributed by atoms with Crippen molar-refractivity contribution >= 4 is 5.69 Å². The smallest absolute Gasteiger partial charge is 0.0624 e. The number of nitrogens with two attached hydrogens (primary N) is 1. The molecule has 18 heavy (non-hydrogen) atoms. The second-order valence-corrected chi connectivity index (χ2v) is 5.26. The Morgan fingerprint density at radius 2 is 1.83 bits per heavy atom. The molecular weight excluding hydrogens is 224 g/mol. The Morgan fingerprint density at radius 1 is 1.17 bits per heavy atom. The lowest BCUT2D eigenvalue weighted by Gasteiger charge is -2.31. The molecule has 0 bridgehead atoms. The number of anilines is 1. The van der Waals surface area contributed by atoms with Crippen LogP contribution in [0.3, 0.4) is 0 Å². The third-order valence-electron chi connectivity index (χ3n) is 4.09. The van der Waals surface area contributed by atoms with E-state index < -0.39 is 0 Å². The summed E-state index contributed by atoms with van der Waals surface area (Å²) in [6.07, 6.45) is 3.93. The van der Waals surface area contributed by atoms with Crippen molar-refractivity contribution in [3.63, 3.8) is 0 Å². The first-order valence-corrected chi connectivity index (χ1v) is 6.86. The Kier molecular flexibility index (Phi) is 4.25. The first-order valence-electron chi connectivity index (χ1n) is 6.86. The van der Waals surface area contributed by atoms with Gasteiger partial charge in [0.05, 0.1) is 12.6 Å². The molecule has 0 radical (unpaired) electrons. The third kappa shape index (κ3) is 2.52. The van der Waals surface area contributed by atoms with E-state index in [0.29, 0.717) is 0 Å². The van der Waals surface area contributed by atoms with E-state index in [0.717, 1.165) is 18.7 Å². The second-order valence-electron chi connectivity index (χ2n) is 5.26. The number of rotatable bonds is 3. The van der Waals surface area contributed by atoms with E-state index in [9.17, 15) is 5.11 Å². The monoisotopic (exact) mass is 248 g/mol. The van der Waals surface area contributed by atoms with Crippen molar-refractivity contribution in [3.05, 3.63) is 28.8 Å². The second kappa shape index (κ2) is 5.72. The number of hydrogen-bond donors (Lipinski definition) is 2. The molecular formula is C15H24N2O. The van der Waals surface area contributed by atoms with Gasteiger partial charge in [-0.05, 0) is 55.9 Å². The highest BCUT2D eigenvalue weighted by molar-refractivity contribution is 5.58. The van der Waals surface area contributed by atoms with Crippen LogP contribution in [0.15, 0.2) is 12.1 Å². The van der Waals surface area contributed by atoms with E-state index in [4.69, 9.17) is 5.73 Å². The quantitative estimate of drug-likeness (QED) is 0.863. The van der Waals surface area contributed by atoms with Crippen LogP contribution in [0.2, 0.25) is 0 Å². The van der Waals surface area contributed by atoms with Crippen LogP contribution in [0, 0.1) is 13.8 Å². The van der Waals surface area contributed by atoms with Gasteiger partial charge in [-0.1, -0.05) is 6.07 Å². The normalized spacial score (nSPS) is 17.9. The fourth-order valence-electron chi connectivity index (χ4n) is 2.80. The number of piperidine rings is 1. The van der Waals surface area contributed by atoms with Gasteiger partial charge in [0, 0.05) is 18.8 Å². The molecule has 3 N–H and O–H groups in total. The zero-order chi connectivity index (χ0) is 13.1. The average molecular weight is 248 g/mol. The topological polar surface area (TPSA) is 49.5 Å². The van der Waals surface area contributed by atoms with Crippen molar-refractivity contribution in [1.82, 2.24) is 0 Å². The fraction of sp³-hybridized carbons (Fsp3) is 0.600. The molecule has 0 aromatic heterocycles. The summed E-state index contributed by atoms with van der Waals surface area (Å²) in [5, 5.41) is 9.19. The third-order valence-corrected chi connectivity index (χ3v) is 4.09. The molecule has 1 aromatic carbocycles. The van der Waals surface area contributed by atoms with Crippen LogP contribution >= 0.6 is 0 Å². The highest BCUT2D eigenvalue weighted by Crippen LogP contribution is 2.29. The maximum absolute atomic E-state index is 9.19. The Hall–Kier alpha value is -1.06. The van der Waals surface area contributed by atoms with Crippen molar-refractivity contribution in [2.75, 3.05) is 24.6 Å². The first-order chi connectivity index (χ1) is 8.65. The van der Waals surface area contributed by atoms with E-state index >= 15 is 0 Å². The maximum atomic E-state index is 9.19. The summed E-state index contributed by atoms with van der Waals surface area (Å²) in [5.41, 5.74) is 10.9. The van der Waals surface area contributed by atoms with Crippen LogP contribution in [0.4, 0.5) is 5.69 Å². The zero-order valence-corrected chi connectivity index (χ0v) is 11.4. The van der Waals surface area contributed by atoms with E-state index in [2.05, 4.69) is 30.9 Å². The van der Waals surface area contributed by atoms with Gasteiger partial charge in [0.2, 0.25) is 0 Å². The van der Waals surface area contributed by atoms with Crippen molar-refractivity contribution in [2.24, 2.45) is 5.73 Å². The van der Waals surface area contributed by atoms with E-state index in [1.165, 1.54) is 36.1 Å². The molecule has 3 nitrogen and oxygen atoms in total. The summed E-state index contributed by atoms with van der Waals surface area (Å²) in [6, 6.07) is 3.98. The minimum Gasteiger partial charge on any atom is -0.394 e. The van der Waals surface area contributed by atoms with Gasteiger partial charge in [-0.3, -0.25) is 0 Å². The highest BCUT2D eigenvalue weighted by Gasteiger charge is 2.17. The summed E-state index contributed by atoms with van der Waals surface area (Å²) >= 11 is 0. The van der Waals surface area contributed by atoms with Crippen molar-refractivity contribution in [2.45, 2.75) is 39.2 Å². The molecule has 1 saturated heterocycles.